The maximum Gasteiger partial charge on any atom is 0.320 e. The van der Waals surface area contributed by atoms with Gasteiger partial charge in [-0.05, 0) is 31.5 Å². The van der Waals surface area contributed by atoms with E-state index in [4.69, 9.17) is 0 Å². The van der Waals surface area contributed by atoms with Gasteiger partial charge in [-0.15, -0.1) is 0 Å². The third-order valence-corrected chi connectivity index (χ3v) is 2.80. The molecule has 0 saturated carbocycles. The maximum atomic E-state index is 11.9. The Labute approximate surface area is 111 Å². The second-order valence-electron chi connectivity index (χ2n) is 4.40. The van der Waals surface area contributed by atoms with Crippen molar-refractivity contribution in [1.29, 1.82) is 0 Å². The van der Waals surface area contributed by atoms with Gasteiger partial charge in [-0.2, -0.15) is 5.10 Å². The monoisotopic (exact) mass is 259 g/mol. The molecular formula is C13H17N5O. The number of hydrogen-bond donors (Lipinski definition) is 2. The zero-order chi connectivity index (χ0) is 13.8. The SMILES string of the molecule is Cc1cc(NC(=O)NC(C)c2ccncc2)n(C)n1. The molecule has 0 aliphatic rings. The van der Waals surface area contributed by atoms with Gasteiger partial charge >= 0.3 is 6.03 Å². The number of nitrogens with one attached hydrogen (secondary N) is 2. The topological polar surface area (TPSA) is 71.8 Å². The predicted octanol–water partition coefficient (Wildman–Crippen LogP) is 2.01. The Bertz CT molecular complexity index is 564. The smallest absolute Gasteiger partial charge is 0.320 e. The summed E-state index contributed by atoms with van der Waals surface area (Å²) in [6, 6.07) is 5.22. The first-order valence-electron chi connectivity index (χ1n) is 6.04. The van der Waals surface area contributed by atoms with Crippen molar-refractivity contribution in [3.05, 3.63) is 41.9 Å². The van der Waals surface area contributed by atoms with Gasteiger partial charge in [0.15, 0.2) is 0 Å². The fraction of sp³-hybridized carbons (Fsp3) is 0.308. The van der Waals surface area contributed by atoms with Crippen molar-refractivity contribution in [3.8, 4) is 0 Å². The minimum atomic E-state index is -0.257. The van der Waals surface area contributed by atoms with Gasteiger partial charge in [-0.1, -0.05) is 0 Å². The van der Waals surface area contributed by atoms with E-state index in [2.05, 4.69) is 20.7 Å². The number of aryl methyl sites for hydroxylation is 2. The van der Waals surface area contributed by atoms with E-state index in [0.717, 1.165) is 11.3 Å². The van der Waals surface area contributed by atoms with Gasteiger partial charge in [0.05, 0.1) is 11.7 Å². The molecule has 6 nitrogen and oxygen atoms in total. The highest BCUT2D eigenvalue weighted by Gasteiger charge is 2.11. The quantitative estimate of drug-likeness (QED) is 0.885. The molecule has 2 aromatic heterocycles. The molecule has 0 aliphatic carbocycles. The van der Waals surface area contributed by atoms with Gasteiger partial charge in [-0.3, -0.25) is 15.0 Å². The lowest BCUT2D eigenvalue weighted by atomic mass is 10.1. The van der Waals surface area contributed by atoms with Crippen molar-refractivity contribution in [2.75, 3.05) is 5.32 Å². The highest BCUT2D eigenvalue weighted by atomic mass is 16.2. The number of nitrogens with zero attached hydrogens (tertiary/aromatic N) is 3. The first-order valence-corrected chi connectivity index (χ1v) is 6.04. The number of anilines is 1. The van der Waals surface area contributed by atoms with E-state index in [1.54, 1.807) is 24.1 Å². The maximum absolute atomic E-state index is 11.9. The Kier molecular flexibility index (Phi) is 3.79. The fourth-order valence-corrected chi connectivity index (χ4v) is 1.81. The molecule has 0 bridgehead atoms. The van der Waals surface area contributed by atoms with E-state index in [1.165, 1.54) is 0 Å². The van der Waals surface area contributed by atoms with Crippen LogP contribution in [0.4, 0.5) is 10.6 Å². The number of hydrogen-bond acceptors (Lipinski definition) is 3. The Morgan fingerprint density at radius 3 is 2.63 bits per heavy atom. The van der Waals surface area contributed by atoms with E-state index in [-0.39, 0.29) is 12.1 Å². The van der Waals surface area contributed by atoms with Crippen LogP contribution in [0.15, 0.2) is 30.6 Å². The van der Waals surface area contributed by atoms with Crippen LogP contribution < -0.4 is 10.6 Å². The van der Waals surface area contributed by atoms with Crippen LogP contribution in [0.25, 0.3) is 0 Å². The predicted molar refractivity (Wildman–Crippen MR) is 72.8 cm³/mol. The van der Waals surface area contributed by atoms with E-state index >= 15 is 0 Å². The van der Waals surface area contributed by atoms with E-state index in [1.807, 2.05) is 32.0 Å². The van der Waals surface area contributed by atoms with Gasteiger partial charge in [0.25, 0.3) is 0 Å². The lowest BCUT2D eigenvalue weighted by Crippen LogP contribution is -2.31. The largest absolute Gasteiger partial charge is 0.331 e. The summed E-state index contributed by atoms with van der Waals surface area (Å²) >= 11 is 0. The average molecular weight is 259 g/mol. The molecule has 2 amide bonds. The molecule has 2 rings (SSSR count). The standard InChI is InChI=1S/C13H17N5O/c1-9-8-12(18(3)17-9)16-13(19)15-10(2)11-4-6-14-7-5-11/h4-8,10H,1-3H3,(H2,15,16,19). The van der Waals surface area contributed by atoms with Crippen LogP contribution >= 0.6 is 0 Å². The van der Waals surface area contributed by atoms with Crippen molar-refractivity contribution in [3.63, 3.8) is 0 Å². The molecular weight excluding hydrogens is 242 g/mol. The molecule has 2 aromatic rings. The molecule has 0 aromatic carbocycles. The first-order chi connectivity index (χ1) is 9.06. The van der Waals surface area contributed by atoms with Gasteiger partial charge in [0, 0.05) is 25.5 Å². The van der Waals surface area contributed by atoms with Crippen LogP contribution in [0.1, 0.15) is 24.2 Å². The number of carbonyl (C=O) groups excluding carboxylic acids is 1. The van der Waals surface area contributed by atoms with Gasteiger partial charge in [0.1, 0.15) is 5.82 Å². The number of urea groups is 1. The highest BCUT2D eigenvalue weighted by Crippen LogP contribution is 2.11. The third-order valence-electron chi connectivity index (χ3n) is 2.80. The van der Waals surface area contributed by atoms with Gasteiger partial charge < -0.3 is 5.32 Å². The Morgan fingerprint density at radius 1 is 1.37 bits per heavy atom. The lowest BCUT2D eigenvalue weighted by molar-refractivity contribution is 0.249. The number of pyridine rings is 1. The van der Waals surface area contributed by atoms with Crippen LogP contribution in [0, 0.1) is 6.92 Å². The highest BCUT2D eigenvalue weighted by molar-refractivity contribution is 5.88. The molecule has 6 heteroatoms. The normalized spacial score (nSPS) is 11.9. The number of carbonyl (C=O) groups is 1. The second-order valence-corrected chi connectivity index (χ2v) is 4.40. The summed E-state index contributed by atoms with van der Waals surface area (Å²) < 4.78 is 1.63. The molecule has 0 radical (unpaired) electrons. The van der Waals surface area contributed by atoms with Crippen molar-refractivity contribution in [2.24, 2.45) is 7.05 Å². The van der Waals surface area contributed by atoms with Crippen LogP contribution in [-0.4, -0.2) is 20.8 Å². The minimum Gasteiger partial charge on any atom is -0.331 e. The van der Waals surface area contributed by atoms with Crippen LogP contribution in [0.3, 0.4) is 0 Å². The summed E-state index contributed by atoms with van der Waals surface area (Å²) in [5.41, 5.74) is 1.87. The minimum absolute atomic E-state index is 0.0858. The molecule has 1 atom stereocenters. The summed E-state index contributed by atoms with van der Waals surface area (Å²) in [5.74, 6) is 0.664. The Balaban J connectivity index is 1.96. The summed E-state index contributed by atoms with van der Waals surface area (Å²) in [4.78, 5) is 15.8. The van der Waals surface area contributed by atoms with Crippen molar-refractivity contribution < 1.29 is 4.79 Å². The molecule has 100 valence electrons. The summed E-state index contributed by atoms with van der Waals surface area (Å²) in [5, 5.41) is 9.80. The second kappa shape index (κ2) is 5.51. The van der Waals surface area contributed by atoms with Crippen LogP contribution in [0.2, 0.25) is 0 Å². The molecule has 0 spiro atoms. The van der Waals surface area contributed by atoms with Gasteiger partial charge in [-0.25, -0.2) is 4.79 Å². The molecule has 2 N–H and O–H groups in total. The average Bonchev–Trinajstić information content (AvgIpc) is 2.68. The van der Waals surface area contributed by atoms with Gasteiger partial charge in [0.2, 0.25) is 0 Å². The molecule has 0 saturated heterocycles. The summed E-state index contributed by atoms with van der Waals surface area (Å²) in [7, 11) is 1.79. The van der Waals surface area contributed by atoms with E-state index in [0.29, 0.717) is 5.82 Å². The number of rotatable bonds is 3. The Morgan fingerprint density at radius 2 is 2.05 bits per heavy atom. The third kappa shape index (κ3) is 3.31. The molecule has 0 aliphatic heterocycles. The van der Waals surface area contributed by atoms with E-state index in [9.17, 15) is 4.79 Å². The number of aromatic nitrogens is 3. The summed E-state index contributed by atoms with van der Waals surface area (Å²) in [6.45, 7) is 3.80. The van der Waals surface area contributed by atoms with Crippen molar-refractivity contribution in [2.45, 2.75) is 19.9 Å². The Hall–Kier alpha value is -2.37. The lowest BCUT2D eigenvalue weighted by Gasteiger charge is -2.14. The molecule has 19 heavy (non-hydrogen) atoms. The van der Waals surface area contributed by atoms with Crippen molar-refractivity contribution >= 4 is 11.8 Å². The first kappa shape index (κ1) is 13.1. The van der Waals surface area contributed by atoms with E-state index < -0.39 is 0 Å². The zero-order valence-corrected chi connectivity index (χ0v) is 11.2. The van der Waals surface area contributed by atoms with Crippen LogP contribution in [-0.2, 0) is 7.05 Å². The molecule has 0 fully saturated rings. The summed E-state index contributed by atoms with van der Waals surface area (Å²) in [6.07, 6.45) is 3.41. The van der Waals surface area contributed by atoms with Crippen LogP contribution in [0.5, 0.6) is 0 Å². The molecule has 1 unspecified atom stereocenters. The fourth-order valence-electron chi connectivity index (χ4n) is 1.81. The molecule has 2 heterocycles. The number of amides is 2. The zero-order valence-electron chi connectivity index (χ0n) is 11.2. The van der Waals surface area contributed by atoms with Crippen molar-refractivity contribution in [1.82, 2.24) is 20.1 Å².